The van der Waals surface area contributed by atoms with Crippen molar-refractivity contribution in [3.05, 3.63) is 72.6 Å². The molecule has 6 rings (SSSR count). The van der Waals surface area contributed by atoms with Gasteiger partial charge in [-0.15, -0.1) is 0 Å². The zero-order chi connectivity index (χ0) is 24.1. The molecule has 2 aliphatic heterocycles. The average molecular weight is 473 g/mol. The number of fused-ring (bicyclic) bond motifs is 5. The average Bonchev–Trinajstić information content (AvgIpc) is 3.55. The Kier molecular flexibility index (Phi) is 5.42. The molecule has 0 amide bonds. The molecule has 4 aromatic rings. The van der Waals surface area contributed by atoms with Crippen molar-refractivity contribution >= 4 is 5.82 Å². The Morgan fingerprint density at radius 2 is 1.91 bits per heavy atom. The third-order valence-corrected chi connectivity index (χ3v) is 7.14. The number of hydrogen-bond acceptors (Lipinski definition) is 5. The van der Waals surface area contributed by atoms with Gasteiger partial charge in [0, 0.05) is 43.2 Å². The number of pyridine rings is 1. The lowest BCUT2D eigenvalue weighted by molar-refractivity contribution is 0.138. The van der Waals surface area contributed by atoms with Crippen molar-refractivity contribution in [1.29, 1.82) is 0 Å². The first-order valence-electron chi connectivity index (χ1n) is 12.0. The van der Waals surface area contributed by atoms with Gasteiger partial charge in [0.15, 0.2) is 5.82 Å². The highest BCUT2D eigenvalue weighted by molar-refractivity contribution is 5.71. The van der Waals surface area contributed by atoms with Gasteiger partial charge < -0.3 is 19.5 Å². The van der Waals surface area contributed by atoms with Gasteiger partial charge in [-0.3, -0.25) is 4.57 Å². The molecule has 2 atom stereocenters. The third kappa shape index (κ3) is 4.02. The predicted octanol–water partition coefficient (Wildman–Crippen LogP) is 3.65. The van der Waals surface area contributed by atoms with E-state index in [1.807, 2.05) is 12.3 Å². The van der Waals surface area contributed by atoms with E-state index in [0.29, 0.717) is 13.1 Å². The second kappa shape index (κ2) is 8.62. The maximum Gasteiger partial charge on any atom is 0.161 e. The van der Waals surface area contributed by atoms with Gasteiger partial charge in [-0.05, 0) is 63.0 Å². The fourth-order valence-electron chi connectivity index (χ4n) is 5.22. The number of imidazole rings is 1. The number of aliphatic hydroxyl groups excluding tert-OH is 1. The number of β-amino-alcohol motifs (C(OH)–C–C–N with tert-alkyl or cyclic N) is 1. The molecule has 1 N–H and O–H groups in total. The van der Waals surface area contributed by atoms with Crippen molar-refractivity contribution in [2.75, 3.05) is 38.6 Å². The van der Waals surface area contributed by atoms with Crippen molar-refractivity contribution in [2.45, 2.75) is 19.1 Å². The molecule has 0 saturated carbocycles. The van der Waals surface area contributed by atoms with E-state index in [-0.39, 0.29) is 17.8 Å². The molecule has 8 heteroatoms. The number of aromatic nitrogens is 4. The van der Waals surface area contributed by atoms with Gasteiger partial charge in [-0.25, -0.2) is 14.4 Å². The van der Waals surface area contributed by atoms with Gasteiger partial charge in [0.25, 0.3) is 0 Å². The largest absolute Gasteiger partial charge is 0.391 e. The summed E-state index contributed by atoms with van der Waals surface area (Å²) < 4.78 is 17.7. The maximum absolute atomic E-state index is 13.4. The molecule has 35 heavy (non-hydrogen) atoms. The molecule has 180 valence electrons. The number of nitrogens with zero attached hydrogens (tertiary/aromatic N) is 6. The van der Waals surface area contributed by atoms with Gasteiger partial charge in [-0.2, -0.15) is 0 Å². The van der Waals surface area contributed by atoms with Gasteiger partial charge >= 0.3 is 0 Å². The van der Waals surface area contributed by atoms with Crippen molar-refractivity contribution in [1.82, 2.24) is 24.0 Å². The summed E-state index contributed by atoms with van der Waals surface area (Å²) in [4.78, 5) is 14.1. The van der Waals surface area contributed by atoms with Crippen LogP contribution in [0.1, 0.15) is 12.1 Å². The van der Waals surface area contributed by atoms with Crippen LogP contribution in [-0.4, -0.2) is 68.9 Å². The molecule has 5 heterocycles. The van der Waals surface area contributed by atoms with Gasteiger partial charge in [0.1, 0.15) is 11.6 Å². The second-order valence-corrected chi connectivity index (χ2v) is 9.83. The Bertz CT molecular complexity index is 1360. The summed E-state index contributed by atoms with van der Waals surface area (Å²) in [5, 5.41) is 10.6. The fourth-order valence-corrected chi connectivity index (χ4v) is 5.22. The van der Waals surface area contributed by atoms with Crippen molar-refractivity contribution < 1.29 is 9.50 Å². The highest BCUT2D eigenvalue weighted by atomic mass is 19.1. The number of hydrogen-bond donors (Lipinski definition) is 1. The normalized spacial score (nSPS) is 18.9. The molecule has 1 aromatic carbocycles. The lowest BCUT2D eigenvalue weighted by Gasteiger charge is -2.20. The number of halogens is 1. The highest BCUT2D eigenvalue weighted by Gasteiger charge is 2.32. The van der Waals surface area contributed by atoms with Gasteiger partial charge in [-0.1, -0.05) is 12.1 Å². The minimum Gasteiger partial charge on any atom is -0.391 e. The standard InChI is InChI=1S/C27H29FN6O/c1-31(2)11-9-19-14-33(17-25(19)35)26-8-7-23-22(30-26)16-32-15-20(18-3-5-21(28)6-4-18)13-24(32)27-29-10-12-34(23)27/h3-8,10,12-13,15,19,25,35H,9,11,14,16-17H2,1-2H3/t19-,25-/m0/s1. The van der Waals surface area contributed by atoms with Crippen LogP contribution in [0.15, 0.2) is 61.1 Å². The summed E-state index contributed by atoms with van der Waals surface area (Å²) in [6.45, 7) is 2.97. The first-order valence-corrected chi connectivity index (χ1v) is 12.0. The van der Waals surface area contributed by atoms with Crippen molar-refractivity contribution in [2.24, 2.45) is 5.92 Å². The highest BCUT2D eigenvalue weighted by Crippen LogP contribution is 2.35. The van der Waals surface area contributed by atoms with Crippen LogP contribution >= 0.6 is 0 Å². The van der Waals surface area contributed by atoms with Crippen molar-refractivity contribution in [3.63, 3.8) is 0 Å². The van der Waals surface area contributed by atoms with Gasteiger partial charge in [0.2, 0.25) is 0 Å². The summed E-state index contributed by atoms with van der Waals surface area (Å²) in [5.74, 6) is 1.75. The van der Waals surface area contributed by atoms with Crippen LogP contribution in [0.3, 0.4) is 0 Å². The SMILES string of the molecule is CN(C)CC[C@H]1CN(c2ccc3c(n2)Cn2cc(-c4ccc(F)cc4)cc2-c2nccn2-3)C[C@@H]1O. The van der Waals surface area contributed by atoms with E-state index in [1.165, 1.54) is 12.1 Å². The summed E-state index contributed by atoms with van der Waals surface area (Å²) in [6, 6.07) is 12.8. The number of aliphatic hydroxyl groups is 1. The number of benzene rings is 1. The van der Waals surface area contributed by atoms with Crippen LogP contribution in [0.5, 0.6) is 0 Å². The summed E-state index contributed by atoms with van der Waals surface area (Å²) in [6.07, 6.45) is 6.48. The molecule has 2 aliphatic rings. The van der Waals surface area contributed by atoms with E-state index in [1.54, 1.807) is 18.3 Å². The minimum atomic E-state index is -0.342. The molecule has 7 nitrogen and oxygen atoms in total. The molecular weight excluding hydrogens is 443 g/mol. The summed E-state index contributed by atoms with van der Waals surface area (Å²) >= 11 is 0. The zero-order valence-electron chi connectivity index (χ0n) is 20.0. The van der Waals surface area contributed by atoms with Crippen LogP contribution in [-0.2, 0) is 6.54 Å². The van der Waals surface area contributed by atoms with Crippen LogP contribution in [0.4, 0.5) is 10.2 Å². The van der Waals surface area contributed by atoms with Gasteiger partial charge in [0.05, 0.1) is 29.7 Å². The summed E-state index contributed by atoms with van der Waals surface area (Å²) in [5.41, 5.74) is 4.93. The molecule has 3 aromatic heterocycles. The Hall–Kier alpha value is -3.49. The van der Waals surface area contributed by atoms with E-state index >= 15 is 0 Å². The minimum absolute atomic E-state index is 0.243. The fraction of sp³-hybridized carbons (Fsp3) is 0.333. The monoisotopic (exact) mass is 472 g/mol. The molecule has 0 unspecified atom stereocenters. The second-order valence-electron chi connectivity index (χ2n) is 9.83. The molecule has 0 radical (unpaired) electrons. The Labute approximate surface area is 204 Å². The number of anilines is 1. The molecule has 1 saturated heterocycles. The van der Waals surface area contributed by atoms with Crippen LogP contribution in [0.2, 0.25) is 0 Å². The Morgan fingerprint density at radius 3 is 2.71 bits per heavy atom. The quantitative estimate of drug-likeness (QED) is 0.423. The van der Waals surface area contributed by atoms with Crippen LogP contribution < -0.4 is 4.90 Å². The van der Waals surface area contributed by atoms with E-state index < -0.39 is 0 Å². The summed E-state index contributed by atoms with van der Waals surface area (Å²) in [7, 11) is 4.13. The van der Waals surface area contributed by atoms with E-state index in [9.17, 15) is 9.50 Å². The Morgan fingerprint density at radius 1 is 1.09 bits per heavy atom. The first-order chi connectivity index (χ1) is 17.0. The third-order valence-electron chi connectivity index (χ3n) is 7.14. The maximum atomic E-state index is 13.4. The molecular formula is C27H29FN6O. The predicted molar refractivity (Wildman–Crippen MR) is 134 cm³/mol. The smallest absolute Gasteiger partial charge is 0.161 e. The first kappa shape index (κ1) is 22.0. The lowest BCUT2D eigenvalue weighted by atomic mass is 10.0. The lowest BCUT2D eigenvalue weighted by Crippen LogP contribution is -2.23. The number of rotatable bonds is 5. The molecule has 0 aliphatic carbocycles. The van der Waals surface area contributed by atoms with E-state index in [0.717, 1.165) is 59.4 Å². The van der Waals surface area contributed by atoms with Crippen LogP contribution in [0.25, 0.3) is 28.3 Å². The molecule has 0 bridgehead atoms. The van der Waals surface area contributed by atoms with E-state index in [4.69, 9.17) is 4.98 Å². The van der Waals surface area contributed by atoms with Crippen molar-refractivity contribution in [3.8, 4) is 28.3 Å². The molecule has 0 spiro atoms. The topological polar surface area (TPSA) is 62.3 Å². The van der Waals surface area contributed by atoms with E-state index in [2.05, 4.69) is 56.3 Å². The zero-order valence-corrected chi connectivity index (χ0v) is 20.0. The van der Waals surface area contributed by atoms with Crippen LogP contribution in [0, 0.1) is 11.7 Å². The molecule has 1 fully saturated rings. The Balaban J connectivity index is 1.34.